The summed E-state index contributed by atoms with van der Waals surface area (Å²) >= 11 is -1.96. The number of anilines is 1. The first-order chi connectivity index (χ1) is 10.5. The predicted molar refractivity (Wildman–Crippen MR) is 96.5 cm³/mol. The van der Waals surface area contributed by atoms with Crippen LogP contribution in [-0.2, 0) is 10.0 Å². The molecule has 0 radical (unpaired) electrons. The van der Waals surface area contributed by atoms with Gasteiger partial charge in [0.15, 0.2) is 0 Å². The summed E-state index contributed by atoms with van der Waals surface area (Å²) in [5, 5.41) is 0. The third-order valence-electron chi connectivity index (χ3n) is 3.63. The minimum absolute atomic E-state index is 0.194. The van der Waals surface area contributed by atoms with Crippen LogP contribution in [0.5, 0.6) is 0 Å². The Kier molecular flexibility index (Phi) is 4.87. The molecular formula is C16H23GeN3O2S. The molecule has 5 nitrogen and oxygen atoms in total. The van der Waals surface area contributed by atoms with E-state index in [1.54, 1.807) is 12.1 Å². The number of hydrogen-bond acceptors (Lipinski definition) is 4. The number of benzene rings is 1. The van der Waals surface area contributed by atoms with Gasteiger partial charge in [0.05, 0.1) is 0 Å². The maximum atomic E-state index is 12.8. The van der Waals surface area contributed by atoms with Crippen LogP contribution >= 0.6 is 0 Å². The summed E-state index contributed by atoms with van der Waals surface area (Å²) in [6, 6.07) is 9.04. The Bertz CT molecular complexity index is 792. The third kappa shape index (κ3) is 3.92. The van der Waals surface area contributed by atoms with Gasteiger partial charge in [-0.15, -0.1) is 0 Å². The van der Waals surface area contributed by atoms with Crippen molar-refractivity contribution in [2.45, 2.75) is 36.0 Å². The standard InChI is InChI=1S/C16H23GeN3O2S/c1-12-11-13(2)19-16(18-12)20(6)23(21,22)15-9-7-14(8-10-15)17(3,4)5/h7-11H,1-6H3. The molecule has 0 spiro atoms. The number of aromatic nitrogens is 2. The van der Waals surface area contributed by atoms with E-state index in [-0.39, 0.29) is 10.8 Å². The van der Waals surface area contributed by atoms with Crippen LogP contribution in [0, 0.1) is 13.8 Å². The SMILES string of the molecule is Cc1cc(C)nc(N(C)S(=O)(=O)c2cc[c]([Ge]([CH3])([CH3])[CH3])cc2)n1. The Morgan fingerprint density at radius 1 is 0.957 bits per heavy atom. The van der Waals surface area contributed by atoms with E-state index in [0.717, 1.165) is 15.7 Å². The number of rotatable bonds is 4. The van der Waals surface area contributed by atoms with E-state index in [2.05, 4.69) is 27.2 Å². The van der Waals surface area contributed by atoms with Gasteiger partial charge < -0.3 is 0 Å². The Labute approximate surface area is 141 Å². The molecule has 0 aliphatic rings. The summed E-state index contributed by atoms with van der Waals surface area (Å²) in [5.74, 6) is 7.02. The van der Waals surface area contributed by atoms with Crippen LogP contribution < -0.4 is 8.70 Å². The monoisotopic (exact) mass is 395 g/mol. The van der Waals surface area contributed by atoms with Crippen LogP contribution in [0.4, 0.5) is 5.95 Å². The fourth-order valence-corrected chi connectivity index (χ4v) is 5.78. The molecule has 23 heavy (non-hydrogen) atoms. The molecule has 0 amide bonds. The van der Waals surface area contributed by atoms with Crippen molar-refractivity contribution >= 4 is 33.6 Å². The molecule has 2 rings (SSSR count). The average molecular weight is 394 g/mol. The average Bonchev–Trinajstić information content (AvgIpc) is 2.44. The summed E-state index contributed by atoms with van der Waals surface area (Å²) in [5.41, 5.74) is 1.48. The van der Waals surface area contributed by atoms with Gasteiger partial charge in [-0.05, 0) is 0 Å². The van der Waals surface area contributed by atoms with Crippen molar-refractivity contribution in [2.75, 3.05) is 11.4 Å². The van der Waals surface area contributed by atoms with Crippen LogP contribution in [0.25, 0.3) is 0 Å². The van der Waals surface area contributed by atoms with Crippen LogP contribution in [0.3, 0.4) is 0 Å². The third-order valence-corrected chi connectivity index (χ3v) is 9.72. The van der Waals surface area contributed by atoms with Gasteiger partial charge in [-0.3, -0.25) is 0 Å². The molecule has 2 aromatic rings. The van der Waals surface area contributed by atoms with Gasteiger partial charge in [0.25, 0.3) is 0 Å². The van der Waals surface area contributed by atoms with Crippen molar-refractivity contribution < 1.29 is 8.42 Å². The Hall–Kier alpha value is -1.41. The van der Waals surface area contributed by atoms with Crippen molar-refractivity contribution in [3.05, 3.63) is 41.7 Å². The molecule has 0 N–H and O–H groups in total. The maximum absolute atomic E-state index is 12.8. The van der Waals surface area contributed by atoms with Crippen LogP contribution in [-0.4, -0.2) is 38.7 Å². The van der Waals surface area contributed by atoms with Crippen molar-refractivity contribution in [3.63, 3.8) is 0 Å². The first kappa shape index (κ1) is 17.9. The molecule has 124 valence electrons. The number of sulfonamides is 1. The van der Waals surface area contributed by atoms with Gasteiger partial charge in [0, 0.05) is 0 Å². The van der Waals surface area contributed by atoms with Gasteiger partial charge in [-0.2, -0.15) is 0 Å². The molecule has 0 bridgehead atoms. The second-order valence-electron chi connectivity index (χ2n) is 6.70. The quantitative estimate of drug-likeness (QED) is 0.748. The summed E-state index contributed by atoms with van der Waals surface area (Å²) in [6.07, 6.45) is 0. The molecule has 0 atom stereocenters. The van der Waals surface area contributed by atoms with Crippen molar-refractivity contribution in [2.24, 2.45) is 0 Å². The number of hydrogen-bond donors (Lipinski definition) is 0. The minimum atomic E-state index is -3.66. The van der Waals surface area contributed by atoms with Crippen molar-refractivity contribution in [3.8, 4) is 0 Å². The molecule has 7 heteroatoms. The molecule has 1 heterocycles. The first-order valence-electron chi connectivity index (χ1n) is 7.43. The summed E-state index contributed by atoms with van der Waals surface area (Å²) in [6.45, 7) is 3.64. The molecule has 0 aliphatic heterocycles. The molecule has 0 unspecified atom stereocenters. The number of aryl methyl sites for hydroxylation is 2. The van der Waals surface area contributed by atoms with Crippen molar-refractivity contribution in [1.29, 1.82) is 0 Å². The van der Waals surface area contributed by atoms with Gasteiger partial charge in [-0.1, -0.05) is 0 Å². The number of nitrogens with zero attached hydrogens (tertiary/aromatic N) is 3. The van der Waals surface area contributed by atoms with E-state index < -0.39 is 23.3 Å². The van der Waals surface area contributed by atoms with Gasteiger partial charge >= 0.3 is 141 Å². The van der Waals surface area contributed by atoms with E-state index in [0.29, 0.717) is 0 Å². The van der Waals surface area contributed by atoms with Gasteiger partial charge in [0.2, 0.25) is 0 Å². The van der Waals surface area contributed by atoms with Gasteiger partial charge in [-0.25, -0.2) is 0 Å². The van der Waals surface area contributed by atoms with Crippen LogP contribution in [0.1, 0.15) is 11.4 Å². The zero-order valence-corrected chi connectivity index (χ0v) is 17.4. The second-order valence-corrected chi connectivity index (χ2v) is 19.3. The van der Waals surface area contributed by atoms with E-state index in [1.807, 2.05) is 32.0 Å². The van der Waals surface area contributed by atoms with Gasteiger partial charge in [0.1, 0.15) is 0 Å². The van der Waals surface area contributed by atoms with E-state index in [1.165, 1.54) is 11.4 Å². The Balaban J connectivity index is 2.41. The van der Waals surface area contributed by atoms with E-state index in [9.17, 15) is 8.42 Å². The van der Waals surface area contributed by atoms with Crippen LogP contribution in [0.2, 0.25) is 17.3 Å². The Morgan fingerprint density at radius 2 is 1.43 bits per heavy atom. The molecule has 1 aromatic carbocycles. The van der Waals surface area contributed by atoms with E-state index >= 15 is 0 Å². The molecule has 0 aliphatic carbocycles. The molecule has 0 saturated carbocycles. The summed E-state index contributed by atoms with van der Waals surface area (Å²) in [4.78, 5) is 8.72. The van der Waals surface area contributed by atoms with Crippen LogP contribution in [0.15, 0.2) is 35.2 Å². The second kappa shape index (κ2) is 6.24. The fourth-order valence-electron chi connectivity index (χ4n) is 2.24. The molecule has 0 fully saturated rings. The first-order valence-corrected chi connectivity index (χ1v) is 16.2. The topological polar surface area (TPSA) is 63.2 Å². The van der Waals surface area contributed by atoms with E-state index in [4.69, 9.17) is 0 Å². The van der Waals surface area contributed by atoms with Crippen molar-refractivity contribution in [1.82, 2.24) is 9.97 Å². The molecule has 0 saturated heterocycles. The Morgan fingerprint density at radius 3 is 1.87 bits per heavy atom. The summed E-state index contributed by atoms with van der Waals surface area (Å²) < 4.78 is 28.0. The summed E-state index contributed by atoms with van der Waals surface area (Å²) in [7, 11) is -2.17. The predicted octanol–water partition coefficient (Wildman–Crippen LogP) is 2.46. The molecule has 1 aromatic heterocycles. The normalized spacial score (nSPS) is 12.3. The fraction of sp³-hybridized carbons (Fsp3) is 0.375. The zero-order valence-electron chi connectivity index (χ0n) is 14.5. The zero-order chi connectivity index (χ0) is 17.4. The molecular weight excluding hydrogens is 371 g/mol.